The summed E-state index contributed by atoms with van der Waals surface area (Å²) in [5, 5.41) is 2.31. The van der Waals surface area contributed by atoms with E-state index in [-0.39, 0.29) is 0 Å². The van der Waals surface area contributed by atoms with Gasteiger partial charge in [-0.2, -0.15) is 0 Å². The topological polar surface area (TPSA) is 38.4 Å². The highest BCUT2D eigenvalue weighted by molar-refractivity contribution is 6.02. The lowest BCUT2D eigenvalue weighted by Crippen LogP contribution is -2.12. The van der Waals surface area contributed by atoms with Crippen LogP contribution >= 0.6 is 0 Å². The smallest absolute Gasteiger partial charge is 0.131 e. The van der Waals surface area contributed by atoms with Crippen LogP contribution in [0, 0.1) is 13.8 Å². The first-order valence-electron chi connectivity index (χ1n) is 7.04. The Morgan fingerprint density at radius 1 is 0.857 bits per heavy atom. The Labute approximate surface area is 125 Å². The first kappa shape index (κ1) is 13.4. The third kappa shape index (κ3) is 2.79. The fraction of sp³-hybridized carbons (Fsp3) is 0.105. The summed E-state index contributed by atoms with van der Waals surface area (Å²) in [5.74, 6) is 0.545. The summed E-state index contributed by atoms with van der Waals surface area (Å²) >= 11 is 0. The largest absolute Gasteiger partial charge is 0.383 e. The number of nitrogens with two attached hydrogens (primary N) is 1. The van der Waals surface area contributed by atoms with Crippen LogP contribution in [0.5, 0.6) is 0 Å². The van der Waals surface area contributed by atoms with E-state index in [1.165, 1.54) is 16.5 Å². The summed E-state index contributed by atoms with van der Waals surface area (Å²) < 4.78 is 0. The summed E-state index contributed by atoms with van der Waals surface area (Å²) in [7, 11) is 0. The van der Waals surface area contributed by atoms with Crippen molar-refractivity contribution in [3.63, 3.8) is 0 Å². The second-order valence-corrected chi connectivity index (χ2v) is 5.36. The van der Waals surface area contributed by atoms with Gasteiger partial charge in [-0.05, 0) is 25.3 Å². The quantitative estimate of drug-likeness (QED) is 0.542. The van der Waals surface area contributed by atoms with Crippen molar-refractivity contribution >= 4 is 22.3 Å². The van der Waals surface area contributed by atoms with Crippen LogP contribution in [0.3, 0.4) is 0 Å². The SMILES string of the molecule is Cc1ccc(C(N)=Nc2cccc3cc(C)ccc23)cc1. The first-order chi connectivity index (χ1) is 10.1. The fourth-order valence-electron chi connectivity index (χ4n) is 2.40. The van der Waals surface area contributed by atoms with Crippen molar-refractivity contribution in [2.45, 2.75) is 13.8 Å². The summed E-state index contributed by atoms with van der Waals surface area (Å²) in [6.45, 7) is 4.15. The van der Waals surface area contributed by atoms with Gasteiger partial charge in [0.25, 0.3) is 0 Å². The molecule has 0 spiro atoms. The minimum Gasteiger partial charge on any atom is -0.383 e. The number of fused-ring (bicyclic) bond motifs is 1. The third-order valence-corrected chi connectivity index (χ3v) is 3.60. The number of hydrogen-bond donors (Lipinski definition) is 1. The monoisotopic (exact) mass is 274 g/mol. The Morgan fingerprint density at radius 3 is 2.33 bits per heavy atom. The van der Waals surface area contributed by atoms with Crippen LogP contribution in [-0.2, 0) is 0 Å². The van der Waals surface area contributed by atoms with E-state index in [9.17, 15) is 0 Å². The van der Waals surface area contributed by atoms with Crippen molar-refractivity contribution in [3.8, 4) is 0 Å². The molecule has 0 aliphatic carbocycles. The van der Waals surface area contributed by atoms with Crippen LogP contribution in [0.2, 0.25) is 0 Å². The van der Waals surface area contributed by atoms with Crippen LogP contribution in [0.1, 0.15) is 16.7 Å². The molecule has 3 aromatic rings. The number of rotatable bonds is 2. The Morgan fingerprint density at radius 2 is 1.57 bits per heavy atom. The molecule has 0 fully saturated rings. The van der Waals surface area contributed by atoms with Gasteiger partial charge in [0.1, 0.15) is 5.84 Å². The van der Waals surface area contributed by atoms with E-state index in [0.29, 0.717) is 5.84 Å². The van der Waals surface area contributed by atoms with E-state index in [1.807, 2.05) is 36.4 Å². The van der Waals surface area contributed by atoms with Crippen LogP contribution in [-0.4, -0.2) is 5.84 Å². The lowest BCUT2D eigenvalue weighted by Gasteiger charge is -2.06. The van der Waals surface area contributed by atoms with Gasteiger partial charge >= 0.3 is 0 Å². The first-order valence-corrected chi connectivity index (χ1v) is 7.04. The van der Waals surface area contributed by atoms with E-state index >= 15 is 0 Å². The number of benzene rings is 3. The second kappa shape index (κ2) is 5.41. The Kier molecular flexibility index (Phi) is 3.44. The van der Waals surface area contributed by atoms with E-state index in [4.69, 9.17) is 5.73 Å². The van der Waals surface area contributed by atoms with Crippen LogP contribution in [0.15, 0.2) is 65.7 Å². The van der Waals surface area contributed by atoms with Crippen LogP contribution < -0.4 is 5.73 Å². The Hall–Kier alpha value is -2.61. The molecule has 2 N–H and O–H groups in total. The summed E-state index contributed by atoms with van der Waals surface area (Å²) in [6.07, 6.45) is 0. The molecule has 0 amide bonds. The molecule has 0 bridgehead atoms. The molecule has 0 saturated heterocycles. The molecule has 104 valence electrons. The van der Waals surface area contributed by atoms with Crippen molar-refractivity contribution in [3.05, 3.63) is 77.4 Å². The minimum atomic E-state index is 0.545. The molecule has 0 heterocycles. The van der Waals surface area contributed by atoms with Gasteiger partial charge in [-0.1, -0.05) is 65.7 Å². The zero-order chi connectivity index (χ0) is 14.8. The van der Waals surface area contributed by atoms with Crippen molar-refractivity contribution < 1.29 is 0 Å². The average molecular weight is 274 g/mol. The van der Waals surface area contributed by atoms with Crippen molar-refractivity contribution in [1.29, 1.82) is 0 Å². The van der Waals surface area contributed by atoms with E-state index in [1.54, 1.807) is 0 Å². The highest BCUT2D eigenvalue weighted by Crippen LogP contribution is 2.27. The number of hydrogen-bond acceptors (Lipinski definition) is 1. The van der Waals surface area contributed by atoms with Gasteiger partial charge in [0.15, 0.2) is 0 Å². The van der Waals surface area contributed by atoms with Gasteiger partial charge in [0, 0.05) is 10.9 Å². The van der Waals surface area contributed by atoms with Crippen molar-refractivity contribution in [2.75, 3.05) is 0 Å². The zero-order valence-electron chi connectivity index (χ0n) is 12.3. The van der Waals surface area contributed by atoms with Gasteiger partial charge in [-0.15, -0.1) is 0 Å². The van der Waals surface area contributed by atoms with Gasteiger partial charge in [0.2, 0.25) is 0 Å². The Bertz CT molecular complexity index is 815. The number of aryl methyl sites for hydroxylation is 2. The predicted octanol–water partition coefficient (Wildman–Crippen LogP) is 4.49. The van der Waals surface area contributed by atoms with Gasteiger partial charge in [-0.25, -0.2) is 4.99 Å². The number of nitrogens with zero attached hydrogens (tertiary/aromatic N) is 1. The van der Waals surface area contributed by atoms with E-state index in [0.717, 1.165) is 16.6 Å². The molecule has 0 aliphatic rings. The molecular formula is C19H18N2. The zero-order valence-corrected chi connectivity index (χ0v) is 12.3. The lowest BCUT2D eigenvalue weighted by molar-refractivity contribution is 1.42. The maximum absolute atomic E-state index is 6.15. The molecule has 2 heteroatoms. The normalized spacial score (nSPS) is 11.8. The highest BCUT2D eigenvalue weighted by Gasteiger charge is 2.02. The molecule has 3 rings (SSSR count). The maximum atomic E-state index is 6.15. The van der Waals surface area contributed by atoms with Crippen LogP contribution in [0.25, 0.3) is 10.8 Å². The number of aliphatic imine (C=N–C) groups is 1. The minimum absolute atomic E-state index is 0.545. The predicted molar refractivity (Wildman–Crippen MR) is 90.2 cm³/mol. The molecule has 0 unspecified atom stereocenters. The third-order valence-electron chi connectivity index (χ3n) is 3.60. The molecule has 0 aliphatic heterocycles. The second-order valence-electron chi connectivity index (χ2n) is 5.36. The molecule has 3 aromatic carbocycles. The van der Waals surface area contributed by atoms with Gasteiger partial charge in [0.05, 0.1) is 5.69 Å². The lowest BCUT2D eigenvalue weighted by atomic mass is 10.1. The van der Waals surface area contributed by atoms with E-state index < -0.39 is 0 Å². The summed E-state index contributed by atoms with van der Waals surface area (Å²) in [6, 6.07) is 20.6. The fourth-order valence-corrected chi connectivity index (χ4v) is 2.40. The summed E-state index contributed by atoms with van der Waals surface area (Å²) in [4.78, 5) is 4.61. The Balaban J connectivity index is 2.08. The molecule has 0 saturated carbocycles. The highest BCUT2D eigenvalue weighted by atomic mass is 14.9. The molecule has 0 atom stereocenters. The molecule has 0 aromatic heterocycles. The molecule has 21 heavy (non-hydrogen) atoms. The summed E-state index contributed by atoms with van der Waals surface area (Å²) in [5.41, 5.74) is 10.5. The van der Waals surface area contributed by atoms with Crippen molar-refractivity contribution in [1.82, 2.24) is 0 Å². The van der Waals surface area contributed by atoms with Gasteiger partial charge in [-0.3, -0.25) is 0 Å². The van der Waals surface area contributed by atoms with Crippen LogP contribution in [0.4, 0.5) is 5.69 Å². The standard InChI is InChI=1S/C19H18N2/c1-13-6-9-15(10-7-13)19(20)21-18-5-3-4-16-12-14(2)8-11-17(16)18/h3-12H,1-2H3,(H2,20,21). The maximum Gasteiger partial charge on any atom is 0.131 e. The average Bonchev–Trinajstić information content (AvgIpc) is 2.47. The van der Waals surface area contributed by atoms with E-state index in [2.05, 4.69) is 43.1 Å². The molecule has 2 nitrogen and oxygen atoms in total. The molecular weight excluding hydrogens is 256 g/mol. The van der Waals surface area contributed by atoms with Crippen molar-refractivity contribution in [2.24, 2.45) is 10.7 Å². The molecule has 0 radical (unpaired) electrons. The van der Waals surface area contributed by atoms with Gasteiger partial charge < -0.3 is 5.73 Å². The number of amidine groups is 1.